The Kier molecular flexibility index (Phi) is 4.56. The molecule has 0 aliphatic rings. The van der Waals surface area contributed by atoms with Crippen LogP contribution in [0.15, 0.2) is 42.7 Å². The number of hydrogen-bond acceptors (Lipinski definition) is 5. The minimum atomic E-state index is -0.313. The van der Waals surface area contributed by atoms with Gasteiger partial charge in [0.25, 0.3) is 0 Å². The molecular weight excluding hydrogens is 381 g/mol. The molecule has 0 bridgehead atoms. The van der Waals surface area contributed by atoms with Gasteiger partial charge in [0, 0.05) is 24.4 Å². The van der Waals surface area contributed by atoms with E-state index in [1.54, 1.807) is 34.6 Å². The molecule has 28 heavy (non-hydrogen) atoms. The molecule has 1 aromatic carbocycles. The van der Waals surface area contributed by atoms with Crippen molar-refractivity contribution >= 4 is 23.2 Å². The number of aromatic nitrogens is 6. The van der Waals surface area contributed by atoms with E-state index in [2.05, 4.69) is 25.5 Å². The molecule has 0 aliphatic carbocycles. The van der Waals surface area contributed by atoms with Gasteiger partial charge in [-0.15, -0.1) is 0 Å². The van der Waals surface area contributed by atoms with Gasteiger partial charge in [0.2, 0.25) is 0 Å². The maximum Gasteiger partial charge on any atom is 0.159 e. The molecule has 4 rings (SSSR count). The third-order valence-corrected chi connectivity index (χ3v) is 4.59. The van der Waals surface area contributed by atoms with Crippen LogP contribution in [0.25, 0.3) is 17.1 Å². The van der Waals surface area contributed by atoms with Crippen molar-refractivity contribution in [3.8, 4) is 17.1 Å². The fourth-order valence-corrected chi connectivity index (χ4v) is 3.26. The maximum absolute atomic E-state index is 13.2. The molecule has 0 unspecified atom stereocenters. The lowest BCUT2D eigenvalue weighted by atomic mass is 10.1. The molecule has 0 amide bonds. The van der Waals surface area contributed by atoms with Crippen LogP contribution in [-0.2, 0) is 7.05 Å². The first-order valence-corrected chi connectivity index (χ1v) is 8.91. The standard InChI is InChI=1S/C19H17ClFN7/c1-11-8-12(2)28(25-11)16-9-15(22-10-23-16)24-19-17(20)18(26-27(19)3)13-4-6-14(21)7-5-13/h4-10H,1-3H3,(H,22,23,24). The van der Waals surface area contributed by atoms with E-state index in [4.69, 9.17) is 11.6 Å². The molecule has 0 spiro atoms. The molecule has 0 atom stereocenters. The van der Waals surface area contributed by atoms with Crippen LogP contribution < -0.4 is 5.32 Å². The smallest absolute Gasteiger partial charge is 0.159 e. The second-order valence-corrected chi connectivity index (χ2v) is 6.75. The topological polar surface area (TPSA) is 73.5 Å². The highest BCUT2D eigenvalue weighted by Crippen LogP contribution is 2.34. The summed E-state index contributed by atoms with van der Waals surface area (Å²) < 4.78 is 16.6. The van der Waals surface area contributed by atoms with E-state index < -0.39 is 0 Å². The van der Waals surface area contributed by atoms with Crippen LogP contribution in [0.4, 0.5) is 16.0 Å². The van der Waals surface area contributed by atoms with Crippen molar-refractivity contribution in [2.75, 3.05) is 5.32 Å². The summed E-state index contributed by atoms with van der Waals surface area (Å²) in [6.07, 6.45) is 1.46. The van der Waals surface area contributed by atoms with Crippen molar-refractivity contribution in [3.63, 3.8) is 0 Å². The average molecular weight is 398 g/mol. The Balaban J connectivity index is 1.67. The second kappa shape index (κ2) is 7.05. The number of halogens is 2. The Morgan fingerprint density at radius 1 is 1.04 bits per heavy atom. The van der Waals surface area contributed by atoms with Crippen molar-refractivity contribution in [1.29, 1.82) is 0 Å². The number of nitrogens with zero attached hydrogens (tertiary/aromatic N) is 6. The highest BCUT2D eigenvalue weighted by molar-refractivity contribution is 6.35. The number of aryl methyl sites for hydroxylation is 3. The summed E-state index contributed by atoms with van der Waals surface area (Å²) >= 11 is 6.54. The zero-order chi connectivity index (χ0) is 19.8. The zero-order valence-corrected chi connectivity index (χ0v) is 16.2. The van der Waals surface area contributed by atoms with Gasteiger partial charge < -0.3 is 5.32 Å². The summed E-state index contributed by atoms with van der Waals surface area (Å²) in [6, 6.07) is 9.78. The van der Waals surface area contributed by atoms with E-state index in [0.717, 1.165) is 17.0 Å². The van der Waals surface area contributed by atoms with Gasteiger partial charge in [-0.2, -0.15) is 10.2 Å². The summed E-state index contributed by atoms with van der Waals surface area (Å²) in [5.74, 6) is 1.44. The van der Waals surface area contributed by atoms with Crippen molar-refractivity contribution in [2.45, 2.75) is 13.8 Å². The molecule has 3 aromatic heterocycles. The van der Waals surface area contributed by atoms with Gasteiger partial charge in [0.15, 0.2) is 5.82 Å². The first-order chi connectivity index (χ1) is 13.4. The number of anilines is 2. The normalized spacial score (nSPS) is 11.0. The van der Waals surface area contributed by atoms with E-state index in [1.807, 2.05) is 19.9 Å². The largest absolute Gasteiger partial charge is 0.324 e. The molecule has 0 aliphatic heterocycles. The number of rotatable bonds is 4. The second-order valence-electron chi connectivity index (χ2n) is 6.37. The van der Waals surface area contributed by atoms with E-state index in [9.17, 15) is 4.39 Å². The fraction of sp³-hybridized carbons (Fsp3) is 0.158. The Labute approximate surface area is 165 Å². The summed E-state index contributed by atoms with van der Waals surface area (Å²) in [5, 5.41) is 12.5. The zero-order valence-electron chi connectivity index (χ0n) is 15.5. The monoisotopic (exact) mass is 397 g/mol. The van der Waals surface area contributed by atoms with Gasteiger partial charge in [-0.05, 0) is 44.2 Å². The highest BCUT2D eigenvalue weighted by atomic mass is 35.5. The van der Waals surface area contributed by atoms with Crippen LogP contribution in [0.3, 0.4) is 0 Å². The quantitative estimate of drug-likeness (QED) is 0.558. The number of hydrogen-bond donors (Lipinski definition) is 1. The van der Waals surface area contributed by atoms with Gasteiger partial charge >= 0.3 is 0 Å². The van der Waals surface area contributed by atoms with Gasteiger partial charge in [0.05, 0.1) is 5.69 Å². The predicted octanol–water partition coefficient (Wildman–Crippen LogP) is 4.22. The number of benzene rings is 1. The maximum atomic E-state index is 13.2. The minimum absolute atomic E-state index is 0.313. The summed E-state index contributed by atoms with van der Waals surface area (Å²) in [4.78, 5) is 8.55. The summed E-state index contributed by atoms with van der Waals surface area (Å²) in [7, 11) is 1.77. The summed E-state index contributed by atoms with van der Waals surface area (Å²) in [5.41, 5.74) is 3.16. The highest BCUT2D eigenvalue weighted by Gasteiger charge is 2.17. The van der Waals surface area contributed by atoms with Gasteiger partial charge in [-0.3, -0.25) is 4.68 Å². The molecule has 9 heteroatoms. The summed E-state index contributed by atoms with van der Waals surface area (Å²) in [6.45, 7) is 3.89. The molecule has 0 radical (unpaired) electrons. The van der Waals surface area contributed by atoms with E-state index >= 15 is 0 Å². The van der Waals surface area contributed by atoms with Crippen molar-refractivity contribution in [2.24, 2.45) is 7.05 Å². The molecule has 1 N–H and O–H groups in total. The first kappa shape index (κ1) is 18.1. The van der Waals surface area contributed by atoms with Crippen LogP contribution in [0.2, 0.25) is 5.02 Å². The Morgan fingerprint density at radius 2 is 1.79 bits per heavy atom. The molecule has 4 aromatic rings. The third-order valence-electron chi connectivity index (χ3n) is 4.23. The van der Waals surface area contributed by atoms with E-state index in [-0.39, 0.29) is 5.82 Å². The molecular formula is C19H17ClFN7. The lowest BCUT2D eigenvalue weighted by Gasteiger charge is -2.08. The van der Waals surface area contributed by atoms with Crippen LogP contribution in [-0.4, -0.2) is 29.5 Å². The van der Waals surface area contributed by atoms with Crippen LogP contribution in [0, 0.1) is 19.7 Å². The average Bonchev–Trinajstić information content (AvgIpc) is 3.15. The Bertz CT molecular complexity index is 1150. The molecule has 3 heterocycles. The lowest BCUT2D eigenvalue weighted by Crippen LogP contribution is -2.05. The minimum Gasteiger partial charge on any atom is -0.324 e. The van der Waals surface area contributed by atoms with Gasteiger partial charge in [-0.1, -0.05) is 11.6 Å². The van der Waals surface area contributed by atoms with Gasteiger partial charge in [0.1, 0.15) is 34.5 Å². The predicted molar refractivity (Wildman–Crippen MR) is 106 cm³/mol. The first-order valence-electron chi connectivity index (χ1n) is 8.53. The molecule has 0 saturated heterocycles. The van der Waals surface area contributed by atoms with Crippen molar-refractivity contribution in [1.82, 2.24) is 29.5 Å². The van der Waals surface area contributed by atoms with Crippen LogP contribution in [0.5, 0.6) is 0 Å². The Morgan fingerprint density at radius 3 is 2.46 bits per heavy atom. The fourth-order valence-electron chi connectivity index (χ4n) is 2.94. The SMILES string of the molecule is Cc1cc(C)n(-c2cc(Nc3c(Cl)c(-c4ccc(F)cc4)nn3C)ncn2)n1. The molecule has 7 nitrogen and oxygen atoms in total. The van der Waals surface area contributed by atoms with Crippen molar-refractivity contribution < 1.29 is 4.39 Å². The van der Waals surface area contributed by atoms with Crippen LogP contribution >= 0.6 is 11.6 Å². The molecule has 0 fully saturated rings. The van der Waals surface area contributed by atoms with E-state index in [1.165, 1.54) is 18.5 Å². The van der Waals surface area contributed by atoms with Gasteiger partial charge in [-0.25, -0.2) is 19.0 Å². The van der Waals surface area contributed by atoms with Crippen molar-refractivity contribution in [3.05, 3.63) is 65.0 Å². The molecule has 142 valence electrons. The Hall–Kier alpha value is -3.26. The third kappa shape index (κ3) is 3.34. The van der Waals surface area contributed by atoms with E-state index in [0.29, 0.717) is 28.2 Å². The number of nitrogens with one attached hydrogen (secondary N) is 1. The molecule has 0 saturated carbocycles. The van der Waals surface area contributed by atoms with Crippen LogP contribution in [0.1, 0.15) is 11.4 Å². The lowest BCUT2D eigenvalue weighted by molar-refractivity contribution is 0.628.